The Balaban J connectivity index is 1.80. The van der Waals surface area contributed by atoms with Gasteiger partial charge < -0.3 is 25.0 Å². The number of benzene rings is 1. The zero-order valence-corrected chi connectivity index (χ0v) is 19.2. The highest BCUT2D eigenvalue weighted by atomic mass is 16.5. The number of hydrogen-bond donors (Lipinski definition) is 2. The molecule has 32 heavy (non-hydrogen) atoms. The number of ether oxygens (including phenoxy) is 2. The first kappa shape index (κ1) is 23.0. The molecular formula is C22H29N7O3. The molecule has 0 aliphatic rings. The van der Waals surface area contributed by atoms with Crippen LogP contribution in [-0.4, -0.2) is 71.5 Å². The van der Waals surface area contributed by atoms with Crippen LogP contribution in [0.3, 0.4) is 0 Å². The number of rotatable bonds is 9. The van der Waals surface area contributed by atoms with E-state index < -0.39 is 0 Å². The molecule has 0 aliphatic carbocycles. The highest BCUT2D eigenvalue weighted by molar-refractivity contribution is 5.93. The van der Waals surface area contributed by atoms with Crippen molar-refractivity contribution in [2.75, 3.05) is 40.2 Å². The molecule has 3 rings (SSSR count). The van der Waals surface area contributed by atoms with Crippen LogP contribution in [0.25, 0.3) is 11.4 Å². The van der Waals surface area contributed by atoms with Crippen LogP contribution in [0, 0.1) is 0 Å². The molecule has 2 aromatic heterocycles. The second-order valence-corrected chi connectivity index (χ2v) is 7.67. The van der Waals surface area contributed by atoms with Crippen molar-refractivity contribution in [2.24, 2.45) is 7.05 Å². The number of aryl methyl sites for hydroxylation is 1. The predicted molar refractivity (Wildman–Crippen MR) is 123 cm³/mol. The minimum Gasteiger partial charge on any atom is -0.497 e. The summed E-state index contributed by atoms with van der Waals surface area (Å²) in [5.74, 6) is 1.49. The third-order valence-electron chi connectivity index (χ3n) is 4.65. The summed E-state index contributed by atoms with van der Waals surface area (Å²) in [7, 11) is 8.84. The van der Waals surface area contributed by atoms with Crippen molar-refractivity contribution in [3.8, 4) is 22.9 Å². The number of nitrogens with one attached hydrogen (secondary N) is 2. The smallest absolute Gasteiger partial charge is 0.269 e. The maximum atomic E-state index is 12.7. The van der Waals surface area contributed by atoms with Gasteiger partial charge in [-0.3, -0.25) is 9.48 Å². The molecule has 10 nitrogen and oxygen atoms in total. The van der Waals surface area contributed by atoms with E-state index in [1.165, 1.54) is 0 Å². The Morgan fingerprint density at radius 1 is 1.12 bits per heavy atom. The minimum absolute atomic E-state index is 0.00515. The molecule has 1 unspecified atom stereocenters. The van der Waals surface area contributed by atoms with Gasteiger partial charge in [0, 0.05) is 49.7 Å². The Labute approximate surface area is 187 Å². The summed E-state index contributed by atoms with van der Waals surface area (Å²) in [6.45, 7) is 2.71. The lowest BCUT2D eigenvalue weighted by atomic mass is 10.2. The fourth-order valence-electron chi connectivity index (χ4n) is 3.27. The fourth-order valence-corrected chi connectivity index (χ4v) is 3.27. The zero-order valence-electron chi connectivity index (χ0n) is 19.2. The molecule has 0 saturated carbocycles. The molecule has 0 saturated heterocycles. The van der Waals surface area contributed by atoms with E-state index in [4.69, 9.17) is 9.47 Å². The largest absolute Gasteiger partial charge is 0.497 e. The van der Waals surface area contributed by atoms with Crippen LogP contribution < -0.4 is 20.1 Å². The maximum Gasteiger partial charge on any atom is 0.269 e. The number of aromatic nitrogens is 4. The molecule has 0 radical (unpaired) electrons. The van der Waals surface area contributed by atoms with E-state index in [0.717, 1.165) is 6.54 Å². The third kappa shape index (κ3) is 5.73. The number of carbonyl (C=O) groups is 1. The summed E-state index contributed by atoms with van der Waals surface area (Å²) in [6, 6.07) is 8.88. The number of amides is 1. The summed E-state index contributed by atoms with van der Waals surface area (Å²) in [6.07, 6.45) is 1.63. The SMILES string of the molecule is COc1cc(Nc2nccc(-c3cc(C(=O)NC(C)CN(C)C)n(C)n3)n2)cc(OC)c1. The Morgan fingerprint density at radius 3 is 2.44 bits per heavy atom. The number of likely N-dealkylation sites (N-methyl/N-ethyl adjacent to an activating group) is 1. The number of nitrogens with zero attached hydrogens (tertiary/aromatic N) is 5. The van der Waals surface area contributed by atoms with Crippen LogP contribution in [0.5, 0.6) is 11.5 Å². The summed E-state index contributed by atoms with van der Waals surface area (Å²) < 4.78 is 12.2. The molecular weight excluding hydrogens is 410 g/mol. The first-order chi connectivity index (χ1) is 15.3. The Bertz CT molecular complexity index is 1060. The van der Waals surface area contributed by atoms with E-state index in [-0.39, 0.29) is 11.9 Å². The molecule has 0 spiro atoms. The summed E-state index contributed by atoms with van der Waals surface area (Å²) in [5.41, 5.74) is 2.34. The van der Waals surface area contributed by atoms with Gasteiger partial charge in [0.25, 0.3) is 5.91 Å². The van der Waals surface area contributed by atoms with E-state index in [0.29, 0.717) is 40.2 Å². The third-order valence-corrected chi connectivity index (χ3v) is 4.65. The highest BCUT2D eigenvalue weighted by Crippen LogP contribution is 2.27. The van der Waals surface area contributed by atoms with Gasteiger partial charge in [-0.15, -0.1) is 0 Å². The Hall–Kier alpha value is -3.66. The van der Waals surface area contributed by atoms with Crippen LogP contribution in [-0.2, 0) is 7.05 Å². The van der Waals surface area contributed by atoms with Crippen LogP contribution in [0.2, 0.25) is 0 Å². The van der Waals surface area contributed by atoms with Gasteiger partial charge in [0.15, 0.2) is 0 Å². The Morgan fingerprint density at radius 2 is 1.81 bits per heavy atom. The van der Waals surface area contributed by atoms with Gasteiger partial charge in [-0.2, -0.15) is 5.10 Å². The van der Waals surface area contributed by atoms with Crippen molar-refractivity contribution in [2.45, 2.75) is 13.0 Å². The zero-order chi connectivity index (χ0) is 23.3. The second kappa shape index (κ2) is 10.1. The van der Waals surface area contributed by atoms with Gasteiger partial charge in [0.2, 0.25) is 5.95 Å². The van der Waals surface area contributed by atoms with Gasteiger partial charge in [-0.1, -0.05) is 0 Å². The molecule has 1 amide bonds. The van der Waals surface area contributed by atoms with Gasteiger partial charge in [0.05, 0.1) is 19.9 Å². The molecule has 10 heteroatoms. The van der Waals surface area contributed by atoms with Gasteiger partial charge in [-0.25, -0.2) is 9.97 Å². The van der Waals surface area contributed by atoms with Crippen LogP contribution in [0.4, 0.5) is 11.6 Å². The lowest BCUT2D eigenvalue weighted by Crippen LogP contribution is -2.40. The molecule has 170 valence electrons. The van der Waals surface area contributed by atoms with E-state index in [2.05, 4.69) is 25.7 Å². The van der Waals surface area contributed by atoms with Crippen LogP contribution in [0.15, 0.2) is 36.5 Å². The molecule has 0 bridgehead atoms. The molecule has 1 atom stereocenters. The summed E-state index contributed by atoms with van der Waals surface area (Å²) in [5, 5.41) is 10.6. The highest BCUT2D eigenvalue weighted by Gasteiger charge is 2.17. The molecule has 0 fully saturated rings. The standard InChI is InChI=1S/C22H29N7O3/c1-14(13-28(2)3)24-21(30)20-12-19(27-29(20)4)18-7-8-23-22(26-18)25-15-9-16(31-5)11-17(10-15)32-6/h7-12,14H,13H2,1-6H3,(H,24,30)(H,23,25,26). The van der Waals surface area contributed by atoms with Crippen molar-refractivity contribution in [1.29, 1.82) is 0 Å². The van der Waals surface area contributed by atoms with E-state index in [9.17, 15) is 4.79 Å². The van der Waals surface area contributed by atoms with Crippen molar-refractivity contribution in [3.63, 3.8) is 0 Å². The van der Waals surface area contributed by atoms with Crippen molar-refractivity contribution >= 4 is 17.5 Å². The van der Waals surface area contributed by atoms with Crippen molar-refractivity contribution in [3.05, 3.63) is 42.2 Å². The molecule has 2 N–H and O–H groups in total. The van der Waals surface area contributed by atoms with E-state index in [1.54, 1.807) is 50.3 Å². The normalized spacial score (nSPS) is 11.8. The lowest BCUT2D eigenvalue weighted by molar-refractivity contribution is 0.0925. The second-order valence-electron chi connectivity index (χ2n) is 7.67. The van der Waals surface area contributed by atoms with Crippen molar-refractivity contribution < 1.29 is 14.3 Å². The van der Waals surface area contributed by atoms with Crippen molar-refractivity contribution in [1.82, 2.24) is 30.0 Å². The topological polar surface area (TPSA) is 106 Å². The molecule has 3 aromatic rings. The van der Waals surface area contributed by atoms with Gasteiger partial charge in [-0.05, 0) is 33.2 Å². The predicted octanol–water partition coefficient (Wildman–Crippen LogP) is 2.32. The molecule has 1 aromatic carbocycles. The average molecular weight is 440 g/mol. The van der Waals surface area contributed by atoms with E-state index >= 15 is 0 Å². The van der Waals surface area contributed by atoms with Gasteiger partial charge >= 0.3 is 0 Å². The van der Waals surface area contributed by atoms with E-state index in [1.807, 2.05) is 38.1 Å². The first-order valence-electron chi connectivity index (χ1n) is 10.1. The first-order valence-corrected chi connectivity index (χ1v) is 10.1. The fraction of sp³-hybridized carbons (Fsp3) is 0.364. The summed E-state index contributed by atoms with van der Waals surface area (Å²) in [4.78, 5) is 23.5. The number of methoxy groups -OCH3 is 2. The minimum atomic E-state index is -0.184. The summed E-state index contributed by atoms with van der Waals surface area (Å²) >= 11 is 0. The number of hydrogen-bond acceptors (Lipinski definition) is 8. The van der Waals surface area contributed by atoms with Gasteiger partial charge in [0.1, 0.15) is 22.9 Å². The van der Waals surface area contributed by atoms with Crippen LogP contribution >= 0.6 is 0 Å². The van der Waals surface area contributed by atoms with Crippen LogP contribution in [0.1, 0.15) is 17.4 Å². The Kier molecular flexibility index (Phi) is 7.26. The number of carbonyl (C=O) groups excluding carboxylic acids is 1. The average Bonchev–Trinajstić information content (AvgIpc) is 3.14. The number of anilines is 2. The molecule has 0 aliphatic heterocycles. The quantitative estimate of drug-likeness (QED) is 0.523. The molecule has 2 heterocycles. The lowest BCUT2D eigenvalue weighted by Gasteiger charge is -2.18. The monoisotopic (exact) mass is 439 g/mol. The maximum absolute atomic E-state index is 12.7.